The van der Waals surface area contributed by atoms with Crippen LogP contribution in [-0.2, 0) is 4.79 Å². The van der Waals surface area contributed by atoms with E-state index in [1.807, 2.05) is 33.8 Å². The van der Waals surface area contributed by atoms with Crippen LogP contribution in [0.1, 0.15) is 41.5 Å². The van der Waals surface area contributed by atoms with Crippen LogP contribution in [0.2, 0.25) is 0 Å². The number of Topliss-reactive ketones (excluding diaryl/α,β-unsaturated/α-hetero) is 1. The lowest BCUT2D eigenvalue weighted by atomic mass is 10.0. The van der Waals surface area contributed by atoms with E-state index in [4.69, 9.17) is 0 Å². The zero-order valence-corrected chi connectivity index (χ0v) is 12.9. The van der Waals surface area contributed by atoms with Crippen LogP contribution in [-0.4, -0.2) is 10.9 Å². The third-order valence-electron chi connectivity index (χ3n) is 2.16. The van der Waals surface area contributed by atoms with Crippen molar-refractivity contribution in [3.05, 3.63) is 59.4 Å². The van der Waals surface area contributed by atoms with Crippen molar-refractivity contribution in [3.8, 4) is 0 Å². The van der Waals surface area contributed by atoms with Gasteiger partial charge in [-0.1, -0.05) is 50.3 Å². The highest BCUT2D eigenvalue weighted by Crippen LogP contribution is 2.14. The van der Waals surface area contributed by atoms with Crippen molar-refractivity contribution in [3.63, 3.8) is 0 Å². The molecule has 2 heteroatoms. The molecule has 0 spiro atoms. The quantitative estimate of drug-likeness (QED) is 0.427. The standard InChI is InChI=1S/C15H20O2.C2H6/c1-5-9-11-12(10-6-2)15(17)13(7-3)14(16)8-4;1-2/h5-11,16H,1-4H3;1-2H3/b9-5-,10-6-,12-11+,13-7+,14-8+;. The van der Waals surface area contributed by atoms with Crippen LogP contribution in [0.4, 0.5) is 0 Å². The van der Waals surface area contributed by atoms with Crippen molar-refractivity contribution >= 4 is 5.78 Å². The molecule has 0 heterocycles. The van der Waals surface area contributed by atoms with E-state index < -0.39 is 0 Å². The van der Waals surface area contributed by atoms with E-state index in [-0.39, 0.29) is 11.5 Å². The van der Waals surface area contributed by atoms with Crippen LogP contribution in [0, 0.1) is 0 Å². The minimum Gasteiger partial charge on any atom is -0.508 e. The predicted octanol–water partition coefficient (Wildman–Crippen LogP) is 5.07. The average molecular weight is 262 g/mol. The molecule has 0 aromatic heterocycles. The topological polar surface area (TPSA) is 37.3 Å². The first kappa shape index (κ1) is 19.5. The molecule has 1 N–H and O–H groups in total. The fourth-order valence-corrected chi connectivity index (χ4v) is 1.29. The van der Waals surface area contributed by atoms with Gasteiger partial charge in [-0.15, -0.1) is 0 Å². The van der Waals surface area contributed by atoms with Gasteiger partial charge in [0.2, 0.25) is 0 Å². The maximum atomic E-state index is 12.1. The lowest BCUT2D eigenvalue weighted by Gasteiger charge is -2.05. The Hall–Kier alpha value is -1.83. The summed E-state index contributed by atoms with van der Waals surface area (Å²) in [6.07, 6.45) is 12.0. The lowest BCUT2D eigenvalue weighted by Crippen LogP contribution is -2.07. The first-order valence-corrected chi connectivity index (χ1v) is 6.64. The Balaban J connectivity index is 0. The number of ketones is 1. The molecule has 0 aromatic carbocycles. The van der Waals surface area contributed by atoms with Gasteiger partial charge in [0.15, 0.2) is 5.78 Å². The molecule has 19 heavy (non-hydrogen) atoms. The molecule has 0 saturated carbocycles. The van der Waals surface area contributed by atoms with Crippen LogP contribution in [0.3, 0.4) is 0 Å². The minimum absolute atomic E-state index is 0.00776. The van der Waals surface area contributed by atoms with Gasteiger partial charge in [-0.2, -0.15) is 0 Å². The van der Waals surface area contributed by atoms with Gasteiger partial charge in [-0.25, -0.2) is 0 Å². The molecule has 0 unspecified atom stereocenters. The van der Waals surface area contributed by atoms with Crippen molar-refractivity contribution < 1.29 is 9.90 Å². The van der Waals surface area contributed by atoms with Gasteiger partial charge in [0, 0.05) is 5.57 Å². The normalized spacial score (nSPS) is 13.7. The molecule has 0 amide bonds. The molecule has 106 valence electrons. The van der Waals surface area contributed by atoms with Gasteiger partial charge in [0.05, 0.1) is 5.57 Å². The molecule has 0 radical (unpaired) electrons. The van der Waals surface area contributed by atoms with Gasteiger partial charge in [0.25, 0.3) is 0 Å². The Morgan fingerprint density at radius 1 is 0.947 bits per heavy atom. The summed E-state index contributed by atoms with van der Waals surface area (Å²) in [7, 11) is 0. The number of aliphatic hydroxyl groups excluding tert-OH is 1. The number of aliphatic hydroxyl groups is 1. The number of hydrogen-bond donors (Lipinski definition) is 1. The van der Waals surface area contributed by atoms with E-state index in [0.29, 0.717) is 11.1 Å². The van der Waals surface area contributed by atoms with Crippen molar-refractivity contribution in [1.29, 1.82) is 0 Å². The second kappa shape index (κ2) is 12.6. The summed E-state index contributed by atoms with van der Waals surface area (Å²) < 4.78 is 0. The number of rotatable bonds is 5. The highest BCUT2D eigenvalue weighted by molar-refractivity contribution is 6.12. The predicted molar refractivity (Wildman–Crippen MR) is 84.2 cm³/mol. The zero-order chi connectivity index (χ0) is 15.3. The summed E-state index contributed by atoms with van der Waals surface area (Å²) >= 11 is 0. The van der Waals surface area contributed by atoms with Crippen LogP contribution >= 0.6 is 0 Å². The maximum Gasteiger partial charge on any atom is 0.196 e. The monoisotopic (exact) mass is 262 g/mol. The lowest BCUT2D eigenvalue weighted by molar-refractivity contribution is -0.112. The number of carbonyl (C=O) groups is 1. The summed E-state index contributed by atoms with van der Waals surface area (Å²) in [5, 5.41) is 9.63. The smallest absolute Gasteiger partial charge is 0.196 e. The molecule has 0 fully saturated rings. The largest absolute Gasteiger partial charge is 0.508 e. The van der Waals surface area contributed by atoms with Gasteiger partial charge >= 0.3 is 0 Å². The van der Waals surface area contributed by atoms with Crippen LogP contribution < -0.4 is 0 Å². The Labute approximate surface area is 117 Å². The highest BCUT2D eigenvalue weighted by Gasteiger charge is 2.14. The Morgan fingerprint density at radius 3 is 1.89 bits per heavy atom. The summed E-state index contributed by atoms with van der Waals surface area (Å²) in [6.45, 7) is 11.2. The first-order valence-electron chi connectivity index (χ1n) is 6.64. The molecule has 0 bridgehead atoms. The fourth-order valence-electron chi connectivity index (χ4n) is 1.29. The molecule has 0 atom stereocenters. The molecular formula is C17H26O2. The molecule has 2 nitrogen and oxygen atoms in total. The summed E-state index contributed by atoms with van der Waals surface area (Å²) in [4.78, 5) is 12.1. The average Bonchev–Trinajstić information content (AvgIpc) is 2.45. The van der Waals surface area contributed by atoms with E-state index in [1.165, 1.54) is 6.08 Å². The van der Waals surface area contributed by atoms with Crippen molar-refractivity contribution in [1.82, 2.24) is 0 Å². The van der Waals surface area contributed by atoms with E-state index >= 15 is 0 Å². The molecule has 0 aliphatic carbocycles. The summed E-state index contributed by atoms with van der Waals surface area (Å²) in [5.41, 5.74) is 0.869. The molecule has 0 rings (SSSR count). The molecular weight excluding hydrogens is 236 g/mol. The van der Waals surface area contributed by atoms with Crippen LogP contribution in [0.25, 0.3) is 0 Å². The van der Waals surface area contributed by atoms with Crippen LogP contribution in [0.15, 0.2) is 59.4 Å². The molecule has 0 aliphatic rings. The highest BCUT2D eigenvalue weighted by atomic mass is 16.3. The Bertz CT molecular complexity index is 405. The van der Waals surface area contributed by atoms with Gasteiger partial charge in [-0.3, -0.25) is 4.79 Å². The number of allylic oxidation sites excluding steroid dienone is 9. The molecule has 0 aliphatic heterocycles. The second-order valence-electron chi connectivity index (χ2n) is 3.35. The SMILES string of the molecule is CC.C\C=C/C=C(\C=C/C)C(=O)C(=C/C)/C(O)=C\C. The van der Waals surface area contributed by atoms with E-state index in [2.05, 4.69) is 0 Å². The number of carbonyl (C=O) groups excluding carboxylic acids is 1. The Morgan fingerprint density at radius 2 is 1.53 bits per heavy atom. The third kappa shape index (κ3) is 7.24. The molecule has 0 saturated heterocycles. The Kier molecular flexibility index (Phi) is 13.0. The summed E-state index contributed by atoms with van der Waals surface area (Å²) in [6, 6.07) is 0. The van der Waals surface area contributed by atoms with Gasteiger partial charge in [0.1, 0.15) is 5.76 Å². The molecule has 0 aromatic rings. The van der Waals surface area contributed by atoms with Gasteiger partial charge in [-0.05, 0) is 33.8 Å². The minimum atomic E-state index is -0.181. The van der Waals surface area contributed by atoms with Crippen molar-refractivity contribution in [2.24, 2.45) is 0 Å². The number of hydrogen-bond acceptors (Lipinski definition) is 2. The van der Waals surface area contributed by atoms with Gasteiger partial charge < -0.3 is 5.11 Å². The first-order chi connectivity index (χ1) is 9.12. The van der Waals surface area contributed by atoms with E-state index in [9.17, 15) is 9.90 Å². The second-order valence-corrected chi connectivity index (χ2v) is 3.35. The van der Waals surface area contributed by atoms with E-state index in [0.717, 1.165) is 0 Å². The fraction of sp³-hybridized carbons (Fsp3) is 0.353. The van der Waals surface area contributed by atoms with Crippen molar-refractivity contribution in [2.75, 3.05) is 0 Å². The van der Waals surface area contributed by atoms with Crippen molar-refractivity contribution in [2.45, 2.75) is 41.5 Å². The maximum absolute atomic E-state index is 12.1. The third-order valence-corrected chi connectivity index (χ3v) is 2.16. The zero-order valence-electron chi connectivity index (χ0n) is 12.9. The van der Waals surface area contributed by atoms with Crippen LogP contribution in [0.5, 0.6) is 0 Å². The summed E-state index contributed by atoms with van der Waals surface area (Å²) in [5.74, 6) is -0.173. The van der Waals surface area contributed by atoms with E-state index in [1.54, 1.807) is 44.2 Å².